The molecule has 0 aliphatic carbocycles. The zero-order chi connectivity index (χ0) is 50.0. The van der Waals surface area contributed by atoms with E-state index in [4.69, 9.17) is 4.74 Å². The van der Waals surface area contributed by atoms with Gasteiger partial charge in [0.1, 0.15) is 11.8 Å². The summed E-state index contributed by atoms with van der Waals surface area (Å²) < 4.78 is 33.6. The highest BCUT2D eigenvalue weighted by molar-refractivity contribution is 6.21. The molecule has 0 aromatic heterocycles. The van der Waals surface area contributed by atoms with Gasteiger partial charge in [0.15, 0.2) is 0 Å². The normalized spacial score (nSPS) is 19.7. The van der Waals surface area contributed by atoms with E-state index in [9.17, 15) is 62.9 Å². The highest BCUT2D eigenvalue weighted by atomic mass is 19.3. The molecule has 2 unspecified atom stereocenters. The number of alkyl halides is 2. The van der Waals surface area contributed by atoms with Gasteiger partial charge in [0.05, 0.1) is 57.6 Å². The smallest absolute Gasteiger partial charge is 0.317 e. The third kappa shape index (κ3) is 16.9. The fourth-order valence-corrected chi connectivity index (χ4v) is 8.89. The second-order valence-electron chi connectivity index (χ2n) is 17.5. The number of hydrogen-bond donors (Lipinski definition) is 6. The molecule has 3 aliphatic heterocycles. The summed E-state index contributed by atoms with van der Waals surface area (Å²) in [7, 11) is 1.64. The van der Waals surface area contributed by atoms with Gasteiger partial charge in [-0.3, -0.25) is 58.2 Å². The second kappa shape index (κ2) is 25.9. The summed E-state index contributed by atoms with van der Waals surface area (Å²) in [6, 6.07) is 5.14. The van der Waals surface area contributed by atoms with Crippen molar-refractivity contribution in [2.45, 2.75) is 81.8 Å². The lowest BCUT2D eigenvalue weighted by atomic mass is 9.88. The lowest BCUT2D eigenvalue weighted by Crippen LogP contribution is -2.59. The number of nitriles is 1. The van der Waals surface area contributed by atoms with Crippen molar-refractivity contribution in [1.82, 2.24) is 40.4 Å². The molecule has 374 valence electrons. The molecule has 6 N–H and O–H groups in total. The molecule has 23 heteroatoms. The standard InChI is InChI=1S/C45H64F2N10O11/c1-4-34(43(67)51-22-39(60)57-30-45(46,47)20-32(57)21-48)35-19-33(10-11-36(35)49-2)68-18-8-7-14-50-38(59)24-54-15-12-31(23-54)52-37(58)9-5-6-13-44(53(3)25-40(61)62)28-55(26-41(63)64)16-17-56(29-44)27-42(65)66/h4,10-11,19,31-32H,2,5-9,12-18,20,22-30H2,1,3H3,(H,50,59)(H,51,67)(H,52,58)(H,61,62)(H,63,64)(H,65,66)/b34-4+. The molecule has 3 fully saturated rings. The van der Waals surface area contributed by atoms with Crippen LogP contribution in [0.3, 0.4) is 0 Å². The van der Waals surface area contributed by atoms with E-state index in [1.165, 1.54) is 6.08 Å². The number of ether oxygens (including phenoxy) is 1. The van der Waals surface area contributed by atoms with Gasteiger partial charge in [-0.25, -0.2) is 8.78 Å². The Morgan fingerprint density at radius 3 is 2.24 bits per heavy atom. The highest BCUT2D eigenvalue weighted by Gasteiger charge is 2.47. The first-order chi connectivity index (χ1) is 32.3. The van der Waals surface area contributed by atoms with E-state index < -0.39 is 66.7 Å². The van der Waals surface area contributed by atoms with E-state index in [-0.39, 0.29) is 75.7 Å². The Morgan fingerprint density at radius 1 is 0.926 bits per heavy atom. The maximum Gasteiger partial charge on any atom is 0.317 e. The van der Waals surface area contributed by atoms with Crippen LogP contribution < -0.4 is 20.7 Å². The predicted octanol–water partition coefficient (Wildman–Crippen LogP) is 0.866. The van der Waals surface area contributed by atoms with Crippen molar-refractivity contribution in [2.24, 2.45) is 4.99 Å². The molecule has 4 amide bonds. The Hall–Kier alpha value is -6.09. The summed E-state index contributed by atoms with van der Waals surface area (Å²) in [4.78, 5) is 98.2. The lowest BCUT2D eigenvalue weighted by Gasteiger charge is -2.44. The number of amides is 4. The van der Waals surface area contributed by atoms with Crippen LogP contribution in [0.2, 0.25) is 0 Å². The topological polar surface area (TPSA) is 278 Å². The van der Waals surface area contributed by atoms with Gasteiger partial charge in [0, 0.05) is 81.4 Å². The minimum Gasteiger partial charge on any atom is -0.494 e. The molecule has 1 aromatic carbocycles. The number of aliphatic imine (C=N–C) groups is 1. The quantitative estimate of drug-likeness (QED) is 0.0427. The van der Waals surface area contributed by atoms with E-state index in [1.54, 1.807) is 52.9 Å². The number of likely N-dealkylation sites (N-methyl/N-ethyl adjacent to an activating group) is 1. The number of aliphatic carboxylic acids is 3. The molecule has 3 aliphatic rings. The van der Waals surface area contributed by atoms with Crippen LogP contribution in [0, 0.1) is 11.3 Å². The van der Waals surface area contributed by atoms with Gasteiger partial charge in [-0.1, -0.05) is 12.5 Å². The predicted molar refractivity (Wildman–Crippen MR) is 243 cm³/mol. The van der Waals surface area contributed by atoms with Gasteiger partial charge >= 0.3 is 17.9 Å². The summed E-state index contributed by atoms with van der Waals surface area (Å²) >= 11 is 0. The Balaban J connectivity index is 1.15. The lowest BCUT2D eigenvalue weighted by molar-refractivity contribution is -0.142. The number of benzene rings is 1. The van der Waals surface area contributed by atoms with E-state index in [2.05, 4.69) is 27.7 Å². The van der Waals surface area contributed by atoms with Crippen molar-refractivity contribution >= 4 is 59.5 Å². The van der Waals surface area contributed by atoms with Crippen LogP contribution in [0.4, 0.5) is 14.5 Å². The number of carboxylic acids is 3. The molecule has 0 bridgehead atoms. The van der Waals surface area contributed by atoms with Crippen molar-refractivity contribution in [3.63, 3.8) is 0 Å². The molecule has 0 saturated carbocycles. The number of rotatable bonds is 26. The van der Waals surface area contributed by atoms with Crippen LogP contribution in [0.5, 0.6) is 5.75 Å². The Morgan fingerprint density at radius 2 is 1.62 bits per heavy atom. The van der Waals surface area contributed by atoms with Gasteiger partial charge in [0.2, 0.25) is 17.7 Å². The van der Waals surface area contributed by atoms with Gasteiger partial charge < -0.3 is 40.9 Å². The van der Waals surface area contributed by atoms with Gasteiger partial charge in [0.25, 0.3) is 11.8 Å². The summed E-state index contributed by atoms with van der Waals surface area (Å²) in [5, 5.41) is 46.2. The number of carbonyl (C=O) groups is 7. The summed E-state index contributed by atoms with van der Waals surface area (Å²) in [5.41, 5.74) is -0.00339. The minimum absolute atomic E-state index is 0.141. The van der Waals surface area contributed by atoms with Crippen LogP contribution in [-0.2, 0) is 33.6 Å². The average Bonchev–Trinajstić information content (AvgIpc) is 3.79. The number of nitrogens with one attached hydrogen (secondary N) is 3. The third-order valence-electron chi connectivity index (χ3n) is 12.2. The SMILES string of the molecule is C=Nc1ccc(OCCCCNC(=O)CN2CCC(NC(=O)CCCCC3(N(C)CC(=O)O)CN(CC(=O)O)CCN(CC(=O)O)C3)C2)cc1/C(=C\C)C(=O)NCC(=O)N1CC(F)(F)CC1C#N. The number of halogens is 2. The molecule has 3 heterocycles. The first kappa shape index (κ1) is 54.5. The number of nitrogens with zero attached hydrogens (tertiary/aromatic N) is 7. The number of unbranched alkanes of at least 4 members (excludes halogenated alkanes) is 2. The molecule has 0 radical (unpaired) electrons. The number of hydrogen-bond acceptors (Lipinski definition) is 14. The Kier molecular flexibility index (Phi) is 20.7. The molecule has 2 atom stereocenters. The zero-order valence-electron chi connectivity index (χ0n) is 38.7. The average molecular weight is 959 g/mol. The van der Waals surface area contributed by atoms with E-state index in [1.807, 2.05) is 4.90 Å². The summed E-state index contributed by atoms with van der Waals surface area (Å²) in [6.45, 7) is 5.80. The van der Waals surface area contributed by atoms with E-state index in [0.717, 1.165) is 4.90 Å². The Labute approximate surface area is 394 Å². The van der Waals surface area contributed by atoms with E-state index >= 15 is 0 Å². The van der Waals surface area contributed by atoms with Crippen LogP contribution in [0.1, 0.15) is 63.9 Å². The summed E-state index contributed by atoms with van der Waals surface area (Å²) in [6.07, 6.45) is 4.19. The number of likely N-dealkylation sites (tertiary alicyclic amines) is 2. The minimum atomic E-state index is -3.19. The monoisotopic (exact) mass is 958 g/mol. The van der Waals surface area contributed by atoms with Crippen LogP contribution in [-0.4, -0.2) is 210 Å². The van der Waals surface area contributed by atoms with Crippen LogP contribution in [0.25, 0.3) is 5.57 Å². The van der Waals surface area contributed by atoms with Crippen molar-refractivity contribution in [3.05, 3.63) is 29.8 Å². The molecule has 1 aromatic rings. The number of carboxylic acid groups (broad SMARTS) is 3. The fourth-order valence-electron chi connectivity index (χ4n) is 8.89. The molecular weight excluding hydrogens is 895 g/mol. The summed E-state index contributed by atoms with van der Waals surface area (Å²) in [5.74, 6) is -7.72. The number of carbonyl (C=O) groups excluding carboxylic acids is 4. The fraction of sp³-hybridized carbons (Fsp3) is 0.622. The molecule has 21 nitrogen and oxygen atoms in total. The second-order valence-corrected chi connectivity index (χ2v) is 17.5. The molecule has 0 spiro atoms. The third-order valence-corrected chi connectivity index (χ3v) is 12.2. The van der Waals surface area contributed by atoms with Crippen molar-refractivity contribution < 1.29 is 62.4 Å². The first-order valence-electron chi connectivity index (χ1n) is 22.6. The van der Waals surface area contributed by atoms with Crippen molar-refractivity contribution in [1.29, 1.82) is 5.26 Å². The Bertz CT molecular complexity index is 2040. The van der Waals surface area contributed by atoms with Crippen molar-refractivity contribution in [2.75, 3.05) is 98.7 Å². The molecule has 4 rings (SSSR count). The van der Waals surface area contributed by atoms with Crippen LogP contribution >= 0.6 is 0 Å². The van der Waals surface area contributed by atoms with Gasteiger partial charge in [-0.2, -0.15) is 5.26 Å². The highest BCUT2D eigenvalue weighted by Crippen LogP contribution is 2.33. The molecule has 68 heavy (non-hydrogen) atoms. The number of allylic oxidation sites excluding steroid dienone is 1. The maximum absolute atomic E-state index is 13.8. The zero-order valence-corrected chi connectivity index (χ0v) is 38.7. The first-order valence-corrected chi connectivity index (χ1v) is 22.6. The van der Waals surface area contributed by atoms with Gasteiger partial charge in [-0.05, 0) is 71.0 Å². The van der Waals surface area contributed by atoms with Crippen LogP contribution in [0.15, 0.2) is 29.3 Å². The van der Waals surface area contributed by atoms with Gasteiger partial charge in [-0.15, -0.1) is 0 Å². The van der Waals surface area contributed by atoms with Crippen molar-refractivity contribution in [3.8, 4) is 11.8 Å². The largest absolute Gasteiger partial charge is 0.494 e. The molecule has 3 saturated heterocycles. The molecular formula is C45H64F2N10O11. The maximum atomic E-state index is 13.8. The van der Waals surface area contributed by atoms with E-state index in [0.29, 0.717) is 88.2 Å².